The van der Waals surface area contributed by atoms with Crippen molar-refractivity contribution in [1.29, 1.82) is 0 Å². The highest BCUT2D eigenvalue weighted by Crippen LogP contribution is 2.45. The van der Waals surface area contributed by atoms with Crippen LogP contribution in [0, 0.1) is 5.92 Å². The molecule has 4 rings (SSSR count). The van der Waals surface area contributed by atoms with Crippen molar-refractivity contribution >= 4 is 20.2 Å². The third kappa shape index (κ3) is 4.83. The third-order valence-electron chi connectivity index (χ3n) is 6.75. The summed E-state index contributed by atoms with van der Waals surface area (Å²) in [5.41, 5.74) is 1.95. The second kappa shape index (κ2) is 8.49. The molecule has 0 aromatic heterocycles. The van der Waals surface area contributed by atoms with Crippen LogP contribution in [0.3, 0.4) is 0 Å². The van der Waals surface area contributed by atoms with Crippen molar-refractivity contribution in [1.82, 2.24) is 13.9 Å². The second-order valence-corrected chi connectivity index (χ2v) is 12.1. The second-order valence-electron chi connectivity index (χ2n) is 8.73. The Balaban J connectivity index is 1.52. The van der Waals surface area contributed by atoms with E-state index in [1.807, 2.05) is 0 Å². The zero-order chi connectivity index (χ0) is 22.4. The average Bonchev–Trinajstić information content (AvgIpc) is 2.70. The highest BCUT2D eigenvalue weighted by atomic mass is 32.2. The van der Waals surface area contributed by atoms with E-state index in [0.717, 1.165) is 43.5 Å². The van der Waals surface area contributed by atoms with E-state index in [4.69, 9.17) is 5.14 Å². The van der Waals surface area contributed by atoms with Crippen LogP contribution in [-0.4, -0.2) is 74.2 Å². The van der Waals surface area contributed by atoms with Gasteiger partial charge in [-0.2, -0.15) is 12.7 Å². The number of fused-ring (bicyclic) bond motifs is 4. The lowest BCUT2D eigenvalue weighted by atomic mass is 9.77. The zero-order valence-corrected chi connectivity index (χ0v) is 18.9. The molecule has 0 bridgehead atoms. The van der Waals surface area contributed by atoms with Crippen LogP contribution in [0.25, 0.3) is 0 Å². The summed E-state index contributed by atoms with van der Waals surface area (Å²) in [6.07, 6.45) is 3.35. The summed E-state index contributed by atoms with van der Waals surface area (Å²) in [6.45, 7) is 2.09. The number of piperidine rings is 2. The summed E-state index contributed by atoms with van der Waals surface area (Å²) in [6, 6.07) is 3.09. The lowest BCUT2D eigenvalue weighted by Crippen LogP contribution is -2.57. The minimum atomic E-state index is -3.84. The fourth-order valence-electron chi connectivity index (χ4n) is 5.36. The summed E-state index contributed by atoms with van der Waals surface area (Å²) < 4.78 is 51.9. The zero-order valence-electron chi connectivity index (χ0n) is 17.3. The molecule has 10 nitrogen and oxygen atoms in total. The van der Waals surface area contributed by atoms with Crippen LogP contribution in [-0.2, 0) is 26.7 Å². The van der Waals surface area contributed by atoms with Gasteiger partial charge < -0.3 is 10.2 Å². The topological polar surface area (TPSA) is 153 Å². The lowest BCUT2D eigenvalue weighted by molar-refractivity contribution is 0.0218. The van der Waals surface area contributed by atoms with E-state index in [2.05, 4.69) is 9.62 Å². The van der Waals surface area contributed by atoms with Crippen LogP contribution in [0.1, 0.15) is 42.9 Å². The van der Waals surface area contributed by atoms with Crippen LogP contribution in [0.2, 0.25) is 0 Å². The van der Waals surface area contributed by atoms with Crippen LogP contribution in [0.4, 0.5) is 0 Å². The number of phenols is 2. The van der Waals surface area contributed by atoms with Gasteiger partial charge in [0.25, 0.3) is 10.2 Å². The van der Waals surface area contributed by atoms with E-state index in [-0.39, 0.29) is 48.2 Å². The van der Waals surface area contributed by atoms with Gasteiger partial charge in [0.15, 0.2) is 11.5 Å². The van der Waals surface area contributed by atoms with E-state index >= 15 is 0 Å². The molecule has 3 aliphatic rings. The molecular weight excluding hydrogens is 444 g/mol. The van der Waals surface area contributed by atoms with Gasteiger partial charge in [-0.05, 0) is 61.3 Å². The molecule has 2 saturated heterocycles. The van der Waals surface area contributed by atoms with Crippen molar-refractivity contribution in [2.75, 3.05) is 31.9 Å². The molecule has 12 heteroatoms. The van der Waals surface area contributed by atoms with Crippen molar-refractivity contribution < 1.29 is 27.0 Å². The average molecular weight is 475 g/mol. The van der Waals surface area contributed by atoms with Gasteiger partial charge in [0, 0.05) is 38.3 Å². The molecule has 31 heavy (non-hydrogen) atoms. The Morgan fingerprint density at radius 2 is 1.87 bits per heavy atom. The first-order chi connectivity index (χ1) is 14.5. The molecule has 5 N–H and O–H groups in total. The molecule has 3 heterocycles. The van der Waals surface area contributed by atoms with E-state index in [9.17, 15) is 27.0 Å². The molecule has 0 amide bonds. The number of hydrogen-bond donors (Lipinski definition) is 4. The van der Waals surface area contributed by atoms with Gasteiger partial charge in [0.1, 0.15) is 0 Å². The fourth-order valence-corrected chi connectivity index (χ4v) is 7.61. The van der Waals surface area contributed by atoms with Crippen LogP contribution < -0.4 is 9.86 Å². The molecule has 3 aliphatic heterocycles. The summed E-state index contributed by atoms with van der Waals surface area (Å²) in [4.78, 5) is 2.37. The molecule has 0 spiro atoms. The monoisotopic (exact) mass is 474 g/mol. The largest absolute Gasteiger partial charge is 0.504 e. The van der Waals surface area contributed by atoms with Gasteiger partial charge in [-0.25, -0.2) is 18.3 Å². The Kier molecular flexibility index (Phi) is 6.23. The summed E-state index contributed by atoms with van der Waals surface area (Å²) in [5.74, 6) is -0.179. The molecule has 0 radical (unpaired) electrons. The molecule has 3 atom stereocenters. The number of aromatic hydroxyl groups is 2. The number of hydrogen-bond acceptors (Lipinski definition) is 7. The maximum absolute atomic E-state index is 13.1. The normalized spacial score (nSPS) is 27.3. The number of nitrogens with two attached hydrogens (primary N) is 1. The smallest absolute Gasteiger partial charge is 0.274 e. The number of phenolic OH excluding ortho intramolecular Hbond substituents is 2. The number of sulfonamides is 1. The van der Waals surface area contributed by atoms with E-state index in [1.54, 1.807) is 16.4 Å². The molecule has 0 unspecified atom stereocenters. The van der Waals surface area contributed by atoms with Crippen LogP contribution in [0.15, 0.2) is 12.1 Å². The minimum absolute atomic E-state index is 0.00338. The lowest BCUT2D eigenvalue weighted by Gasteiger charge is -2.51. The van der Waals surface area contributed by atoms with E-state index < -0.39 is 20.2 Å². The van der Waals surface area contributed by atoms with Crippen molar-refractivity contribution in [3.8, 4) is 11.5 Å². The van der Waals surface area contributed by atoms with E-state index in [1.165, 1.54) is 0 Å². The molecule has 2 fully saturated rings. The quantitative estimate of drug-likeness (QED) is 0.334. The fraction of sp³-hybridized carbons (Fsp3) is 0.684. The molecule has 1 aromatic carbocycles. The van der Waals surface area contributed by atoms with Crippen LogP contribution in [0.5, 0.6) is 11.5 Å². The van der Waals surface area contributed by atoms with Gasteiger partial charge in [-0.15, -0.1) is 0 Å². The Morgan fingerprint density at radius 1 is 1.13 bits per heavy atom. The first kappa shape index (κ1) is 22.7. The number of rotatable bonds is 6. The molecule has 0 saturated carbocycles. The summed E-state index contributed by atoms with van der Waals surface area (Å²) >= 11 is 0. The Labute approximate surface area is 183 Å². The molecule has 0 aliphatic carbocycles. The standard InChI is InChI=1S/C19H30N4O6S2/c20-31(28,29)21-5-2-8-30(26,27)23-6-1-3-14-12-22-7-4-13-9-18(24)19(25)10-15(13)17(22)11-16(14)23/h9-10,14,16-17,21,24-25H,1-8,11-12H2,(H2,20,28,29)/t14-,16+,17-/m0/s1. The van der Waals surface area contributed by atoms with E-state index in [0.29, 0.717) is 13.0 Å². The van der Waals surface area contributed by atoms with Gasteiger partial charge in [-0.3, -0.25) is 4.90 Å². The Morgan fingerprint density at radius 3 is 2.61 bits per heavy atom. The van der Waals surface area contributed by atoms with Gasteiger partial charge >= 0.3 is 0 Å². The Hall–Kier alpha value is -1.44. The van der Waals surface area contributed by atoms with Crippen molar-refractivity contribution in [3.63, 3.8) is 0 Å². The number of nitrogens with one attached hydrogen (secondary N) is 1. The summed E-state index contributed by atoms with van der Waals surface area (Å²) in [5, 5.41) is 24.8. The highest BCUT2D eigenvalue weighted by molar-refractivity contribution is 7.89. The third-order valence-corrected chi connectivity index (χ3v) is 9.32. The van der Waals surface area contributed by atoms with Crippen molar-refractivity contribution in [2.24, 2.45) is 11.1 Å². The van der Waals surface area contributed by atoms with Crippen LogP contribution >= 0.6 is 0 Å². The van der Waals surface area contributed by atoms with Gasteiger partial charge in [-0.1, -0.05) is 0 Å². The predicted octanol–water partition coefficient (Wildman–Crippen LogP) is -0.00570. The molecular formula is C19H30N4O6S2. The van der Waals surface area contributed by atoms with Gasteiger partial charge in [0.2, 0.25) is 10.0 Å². The number of benzene rings is 1. The Bertz CT molecular complexity index is 1050. The summed E-state index contributed by atoms with van der Waals surface area (Å²) in [7, 11) is -7.39. The highest BCUT2D eigenvalue weighted by Gasteiger charge is 2.45. The van der Waals surface area contributed by atoms with Crippen molar-refractivity contribution in [3.05, 3.63) is 23.3 Å². The predicted molar refractivity (Wildman–Crippen MR) is 115 cm³/mol. The molecule has 174 valence electrons. The molecule has 1 aromatic rings. The minimum Gasteiger partial charge on any atom is -0.504 e. The SMILES string of the molecule is NS(=O)(=O)NCCCS(=O)(=O)N1CCC[C@H]2CN3CCc4cc(O)c(O)cc4[C@@H]3C[C@H]21. The maximum Gasteiger partial charge on any atom is 0.274 e. The number of nitrogens with zero attached hydrogens (tertiary/aromatic N) is 2. The van der Waals surface area contributed by atoms with Gasteiger partial charge in [0.05, 0.1) is 5.75 Å². The first-order valence-corrected chi connectivity index (χ1v) is 13.8. The first-order valence-electron chi connectivity index (χ1n) is 10.6. The van der Waals surface area contributed by atoms with Crippen molar-refractivity contribution in [2.45, 2.75) is 44.2 Å². The maximum atomic E-state index is 13.1.